The molecule has 0 saturated carbocycles. The van der Waals surface area contributed by atoms with Crippen molar-refractivity contribution in [2.75, 3.05) is 39.6 Å². The molecule has 103 heavy (non-hydrogen) atoms. The van der Waals surface area contributed by atoms with Crippen LogP contribution in [0.15, 0.2) is 0 Å². The van der Waals surface area contributed by atoms with E-state index >= 15 is 0 Å². The van der Waals surface area contributed by atoms with Crippen LogP contribution in [0, 0.1) is 11.8 Å². The Morgan fingerprint density at radius 2 is 0.447 bits per heavy atom. The number of carbonyl (C=O) groups is 4. The quantitative estimate of drug-likeness (QED) is 0.0222. The maximum Gasteiger partial charge on any atom is 0.472 e. The van der Waals surface area contributed by atoms with E-state index in [4.69, 9.17) is 37.0 Å². The van der Waals surface area contributed by atoms with Crippen LogP contribution < -0.4 is 0 Å². The summed E-state index contributed by atoms with van der Waals surface area (Å²) in [6.07, 6.45) is 66.4. The first kappa shape index (κ1) is 101. The highest BCUT2D eigenvalue weighted by Gasteiger charge is 2.30. The molecular weight excluding hydrogens is 1340 g/mol. The molecule has 0 saturated heterocycles. The summed E-state index contributed by atoms with van der Waals surface area (Å²) < 4.78 is 68.9. The molecule has 17 nitrogen and oxygen atoms in total. The molecule has 0 fully saturated rings. The molecule has 0 aliphatic carbocycles. The molecule has 0 aliphatic rings. The number of aliphatic hydroxyl groups is 1. The number of hydrogen-bond donors (Lipinski definition) is 3. The fourth-order valence-corrected chi connectivity index (χ4v) is 14.6. The second kappa shape index (κ2) is 75.5. The summed E-state index contributed by atoms with van der Waals surface area (Å²) in [5, 5.41) is 10.7. The minimum absolute atomic E-state index is 0.108. The number of carbonyl (C=O) groups excluding carboxylic acids is 4. The van der Waals surface area contributed by atoms with Crippen LogP contribution in [0.4, 0.5) is 0 Å². The van der Waals surface area contributed by atoms with Gasteiger partial charge in [-0.1, -0.05) is 395 Å². The Labute approximate surface area is 632 Å². The zero-order chi connectivity index (χ0) is 75.6. The predicted molar refractivity (Wildman–Crippen MR) is 423 cm³/mol. The molecule has 0 aromatic rings. The lowest BCUT2D eigenvalue weighted by Gasteiger charge is -2.21. The molecule has 0 amide bonds. The second-order valence-corrected chi connectivity index (χ2v) is 34.1. The van der Waals surface area contributed by atoms with Crippen molar-refractivity contribution in [3.05, 3.63) is 0 Å². The standard InChI is InChI=1S/C84H164O17P2/c1-7-9-11-13-15-17-19-21-24-32-38-44-50-56-62-68-83(88)100-79(72-94-81(86)66-60-54-48-42-36-20-18-16-14-12-10-8-2)74-98-102(90,91)96-70-78(85)71-97-103(92,93)99-75-80(101-84(89)69-63-57-51-45-39-33-28-23-26-30-35-41-47-53-59-65-77(5)6)73-95-82(87)67-61-55-49-43-37-31-27-22-25-29-34-40-46-52-58-64-76(3)4/h76-80,85H,7-75H2,1-6H3,(H,90,91)(H,92,93)/t78-,79+,80+/m0/s1. The van der Waals surface area contributed by atoms with Gasteiger partial charge in [-0.2, -0.15) is 0 Å². The fourth-order valence-electron chi connectivity index (χ4n) is 13.1. The van der Waals surface area contributed by atoms with Crippen LogP contribution in [0.2, 0.25) is 0 Å². The number of esters is 4. The van der Waals surface area contributed by atoms with Crippen molar-refractivity contribution in [1.29, 1.82) is 0 Å². The highest BCUT2D eigenvalue weighted by Crippen LogP contribution is 2.45. The Balaban J connectivity index is 5.26. The predicted octanol–water partition coefficient (Wildman–Crippen LogP) is 25.5. The van der Waals surface area contributed by atoms with E-state index in [0.29, 0.717) is 25.7 Å². The minimum atomic E-state index is -4.96. The van der Waals surface area contributed by atoms with Gasteiger partial charge in [-0.15, -0.1) is 0 Å². The topological polar surface area (TPSA) is 237 Å². The van der Waals surface area contributed by atoms with E-state index in [1.54, 1.807) is 0 Å². The van der Waals surface area contributed by atoms with E-state index in [0.717, 1.165) is 102 Å². The molecule has 0 aromatic heterocycles. The van der Waals surface area contributed by atoms with Crippen molar-refractivity contribution in [2.24, 2.45) is 11.8 Å². The molecule has 19 heteroatoms. The lowest BCUT2D eigenvalue weighted by molar-refractivity contribution is -0.161. The first-order chi connectivity index (χ1) is 49.9. The Hall–Kier alpha value is -1.94. The third-order valence-corrected chi connectivity index (χ3v) is 21.6. The molecule has 0 bridgehead atoms. The summed E-state index contributed by atoms with van der Waals surface area (Å²) in [5.41, 5.74) is 0. The third kappa shape index (κ3) is 78.0. The van der Waals surface area contributed by atoms with Crippen molar-refractivity contribution >= 4 is 39.5 Å². The summed E-state index contributed by atoms with van der Waals surface area (Å²) >= 11 is 0. The summed E-state index contributed by atoms with van der Waals surface area (Å²) in [6, 6.07) is 0. The first-order valence-corrected chi connectivity index (χ1v) is 46.5. The van der Waals surface area contributed by atoms with Gasteiger partial charge in [0.2, 0.25) is 0 Å². The van der Waals surface area contributed by atoms with Crippen molar-refractivity contribution in [2.45, 2.75) is 464 Å². The van der Waals surface area contributed by atoms with E-state index in [9.17, 15) is 43.2 Å². The average Bonchev–Trinajstić information content (AvgIpc) is 0.920. The molecule has 0 radical (unpaired) electrons. The van der Waals surface area contributed by atoms with Crippen LogP contribution in [0.1, 0.15) is 446 Å². The van der Waals surface area contributed by atoms with Crippen LogP contribution in [-0.2, 0) is 65.4 Å². The molecule has 612 valence electrons. The number of hydrogen-bond acceptors (Lipinski definition) is 15. The number of unbranched alkanes of at least 4 members (excludes halogenated alkanes) is 53. The van der Waals surface area contributed by atoms with Crippen LogP contribution in [0.5, 0.6) is 0 Å². The summed E-state index contributed by atoms with van der Waals surface area (Å²) in [4.78, 5) is 73.2. The lowest BCUT2D eigenvalue weighted by Crippen LogP contribution is -2.30. The van der Waals surface area contributed by atoms with Gasteiger partial charge in [0.15, 0.2) is 12.2 Å². The van der Waals surface area contributed by atoms with Gasteiger partial charge in [-0.25, -0.2) is 9.13 Å². The van der Waals surface area contributed by atoms with Crippen molar-refractivity contribution in [1.82, 2.24) is 0 Å². The Morgan fingerprint density at radius 3 is 0.660 bits per heavy atom. The second-order valence-electron chi connectivity index (χ2n) is 31.2. The molecule has 0 rings (SSSR count). The van der Waals surface area contributed by atoms with Gasteiger partial charge in [0, 0.05) is 25.7 Å². The van der Waals surface area contributed by atoms with E-state index in [-0.39, 0.29) is 25.7 Å². The average molecular weight is 1510 g/mol. The van der Waals surface area contributed by atoms with Gasteiger partial charge >= 0.3 is 39.5 Å². The lowest BCUT2D eigenvalue weighted by atomic mass is 10.0. The van der Waals surface area contributed by atoms with Crippen molar-refractivity contribution in [3.8, 4) is 0 Å². The Bertz CT molecular complexity index is 1980. The van der Waals surface area contributed by atoms with Crippen LogP contribution >= 0.6 is 15.6 Å². The molecule has 0 heterocycles. The van der Waals surface area contributed by atoms with Gasteiger partial charge in [0.1, 0.15) is 19.3 Å². The first-order valence-electron chi connectivity index (χ1n) is 43.5. The number of ether oxygens (including phenoxy) is 4. The zero-order valence-corrected chi connectivity index (χ0v) is 69.4. The third-order valence-electron chi connectivity index (χ3n) is 19.7. The van der Waals surface area contributed by atoms with Crippen LogP contribution in [0.25, 0.3) is 0 Å². The van der Waals surface area contributed by atoms with E-state index in [2.05, 4.69) is 41.5 Å². The fraction of sp³-hybridized carbons (Fsp3) is 0.952. The van der Waals surface area contributed by atoms with E-state index in [1.165, 1.54) is 263 Å². The highest BCUT2D eigenvalue weighted by molar-refractivity contribution is 7.47. The largest absolute Gasteiger partial charge is 0.472 e. The van der Waals surface area contributed by atoms with Crippen molar-refractivity contribution < 1.29 is 80.2 Å². The molecule has 3 N–H and O–H groups in total. The molecule has 5 atom stereocenters. The summed E-state index contributed by atoms with van der Waals surface area (Å²) in [7, 11) is -9.92. The minimum Gasteiger partial charge on any atom is -0.462 e. The monoisotopic (exact) mass is 1510 g/mol. The number of aliphatic hydroxyl groups excluding tert-OH is 1. The van der Waals surface area contributed by atoms with Crippen LogP contribution in [-0.4, -0.2) is 96.7 Å². The van der Waals surface area contributed by atoms with E-state index < -0.39 is 97.5 Å². The van der Waals surface area contributed by atoms with Crippen molar-refractivity contribution in [3.63, 3.8) is 0 Å². The Morgan fingerprint density at radius 1 is 0.262 bits per heavy atom. The zero-order valence-electron chi connectivity index (χ0n) is 67.6. The van der Waals surface area contributed by atoms with E-state index in [1.807, 2.05) is 0 Å². The van der Waals surface area contributed by atoms with Crippen LogP contribution in [0.3, 0.4) is 0 Å². The Kier molecular flexibility index (Phi) is 74.1. The van der Waals surface area contributed by atoms with Gasteiger partial charge in [-0.05, 0) is 37.5 Å². The molecule has 0 aliphatic heterocycles. The molecule has 2 unspecified atom stereocenters. The number of phosphoric acid groups is 2. The maximum absolute atomic E-state index is 13.1. The summed E-state index contributed by atoms with van der Waals surface area (Å²) in [5.74, 6) is -0.492. The van der Waals surface area contributed by atoms with Gasteiger partial charge in [-0.3, -0.25) is 37.3 Å². The summed E-state index contributed by atoms with van der Waals surface area (Å²) in [6.45, 7) is 9.72. The SMILES string of the molecule is CCCCCCCCCCCCCCCCCC(=O)O[C@H](COC(=O)CCCCCCCCCCCCCC)COP(=O)(O)OC[C@H](O)COP(=O)(O)OC[C@@H](COC(=O)CCCCCCCCCCCCCCCCCC(C)C)OC(=O)CCCCCCCCCCCCCCCCCC(C)C. The normalized spacial score (nSPS) is 13.9. The van der Waals surface area contributed by atoms with Gasteiger partial charge in [0.25, 0.3) is 0 Å². The van der Waals surface area contributed by atoms with Gasteiger partial charge < -0.3 is 33.8 Å². The molecule has 0 spiro atoms. The smallest absolute Gasteiger partial charge is 0.462 e. The molecule has 0 aromatic carbocycles. The number of phosphoric ester groups is 2. The highest BCUT2D eigenvalue weighted by atomic mass is 31.2. The number of rotatable bonds is 83. The van der Waals surface area contributed by atoms with Gasteiger partial charge in [0.05, 0.1) is 26.4 Å². The maximum atomic E-state index is 13.1. The molecular formula is C84H164O17P2.